The third-order valence-corrected chi connectivity index (χ3v) is 2.41. The van der Waals surface area contributed by atoms with E-state index in [2.05, 4.69) is 4.74 Å². The molecule has 1 aromatic rings. The van der Waals surface area contributed by atoms with Crippen molar-refractivity contribution in [1.82, 2.24) is 0 Å². The monoisotopic (exact) mass is 342 g/mol. The van der Waals surface area contributed by atoms with Gasteiger partial charge in [-0.3, -0.25) is 4.79 Å². The molecule has 0 saturated heterocycles. The second-order valence-electron chi connectivity index (χ2n) is 3.07. The SMILES string of the molecule is O=C(O)CCc1cc(I)cc(OC(F)F)c1. The van der Waals surface area contributed by atoms with E-state index in [0.717, 1.165) is 3.57 Å². The van der Waals surface area contributed by atoms with Crippen LogP contribution in [0.1, 0.15) is 12.0 Å². The predicted molar refractivity (Wildman–Crippen MR) is 61.7 cm³/mol. The van der Waals surface area contributed by atoms with E-state index in [9.17, 15) is 13.6 Å². The van der Waals surface area contributed by atoms with Crippen LogP contribution in [0.25, 0.3) is 0 Å². The van der Waals surface area contributed by atoms with E-state index < -0.39 is 12.6 Å². The Morgan fingerprint density at radius 2 is 2.12 bits per heavy atom. The molecule has 3 nitrogen and oxygen atoms in total. The molecule has 0 aromatic heterocycles. The van der Waals surface area contributed by atoms with Gasteiger partial charge in [-0.05, 0) is 52.8 Å². The summed E-state index contributed by atoms with van der Waals surface area (Å²) < 4.78 is 28.9. The molecule has 0 radical (unpaired) electrons. The van der Waals surface area contributed by atoms with Gasteiger partial charge in [-0.1, -0.05) is 0 Å². The summed E-state index contributed by atoms with van der Waals surface area (Å²) in [5.74, 6) is -0.863. The highest BCUT2D eigenvalue weighted by Gasteiger charge is 2.07. The molecule has 0 aliphatic carbocycles. The smallest absolute Gasteiger partial charge is 0.387 e. The highest BCUT2D eigenvalue weighted by atomic mass is 127. The topological polar surface area (TPSA) is 46.5 Å². The van der Waals surface area contributed by atoms with E-state index in [1.54, 1.807) is 6.07 Å². The number of carbonyl (C=O) groups is 1. The van der Waals surface area contributed by atoms with Gasteiger partial charge in [-0.25, -0.2) is 0 Å². The first-order valence-corrected chi connectivity index (χ1v) is 5.51. The summed E-state index contributed by atoms with van der Waals surface area (Å²) in [5.41, 5.74) is 0.671. The first-order valence-electron chi connectivity index (χ1n) is 4.43. The predicted octanol–water partition coefficient (Wildman–Crippen LogP) is 2.91. The van der Waals surface area contributed by atoms with Gasteiger partial charge in [0.25, 0.3) is 0 Å². The Bertz CT molecular complexity index is 382. The lowest BCUT2D eigenvalue weighted by Gasteiger charge is -2.07. The zero-order valence-electron chi connectivity index (χ0n) is 8.12. The molecule has 0 saturated carbocycles. The third-order valence-electron chi connectivity index (χ3n) is 1.78. The van der Waals surface area contributed by atoms with E-state index in [0.29, 0.717) is 12.0 Å². The summed E-state index contributed by atoms with van der Waals surface area (Å²) >= 11 is 1.96. The van der Waals surface area contributed by atoms with Crippen molar-refractivity contribution in [2.45, 2.75) is 19.5 Å². The minimum atomic E-state index is -2.87. The molecule has 6 heteroatoms. The van der Waals surface area contributed by atoms with Crippen molar-refractivity contribution in [1.29, 1.82) is 0 Å². The Morgan fingerprint density at radius 3 is 2.69 bits per heavy atom. The van der Waals surface area contributed by atoms with Crippen molar-refractivity contribution >= 4 is 28.6 Å². The molecule has 0 aliphatic rings. The van der Waals surface area contributed by atoms with Crippen molar-refractivity contribution in [2.24, 2.45) is 0 Å². The van der Waals surface area contributed by atoms with Crippen LogP contribution in [-0.4, -0.2) is 17.7 Å². The molecule has 0 atom stereocenters. The van der Waals surface area contributed by atoms with Crippen LogP contribution in [0.3, 0.4) is 0 Å². The van der Waals surface area contributed by atoms with Gasteiger partial charge in [0.15, 0.2) is 0 Å². The molecule has 1 aromatic carbocycles. The number of carboxylic acids is 1. The number of benzene rings is 1. The lowest BCUT2D eigenvalue weighted by Crippen LogP contribution is -2.03. The van der Waals surface area contributed by atoms with Crippen LogP contribution in [0.5, 0.6) is 5.75 Å². The fourth-order valence-corrected chi connectivity index (χ4v) is 1.89. The molecule has 0 amide bonds. The van der Waals surface area contributed by atoms with Crippen LogP contribution in [0, 0.1) is 3.57 Å². The second-order valence-corrected chi connectivity index (χ2v) is 4.31. The number of hydrogen-bond donors (Lipinski definition) is 1. The first kappa shape index (κ1) is 13.1. The minimum absolute atomic E-state index is 0.0335. The van der Waals surface area contributed by atoms with Crippen molar-refractivity contribution < 1.29 is 23.4 Å². The molecule has 0 bridgehead atoms. The number of aryl methyl sites for hydroxylation is 1. The molecule has 0 spiro atoms. The fourth-order valence-electron chi connectivity index (χ4n) is 1.19. The van der Waals surface area contributed by atoms with Crippen LogP contribution in [-0.2, 0) is 11.2 Å². The van der Waals surface area contributed by atoms with Gasteiger partial charge in [-0.15, -0.1) is 0 Å². The van der Waals surface area contributed by atoms with Crippen LogP contribution >= 0.6 is 22.6 Å². The number of halogens is 3. The molecule has 0 unspecified atom stereocenters. The summed E-state index contributed by atoms with van der Waals surface area (Å²) in [7, 11) is 0. The Labute approximate surface area is 105 Å². The van der Waals surface area contributed by atoms with Crippen molar-refractivity contribution in [2.75, 3.05) is 0 Å². The fraction of sp³-hybridized carbons (Fsp3) is 0.300. The van der Waals surface area contributed by atoms with Gasteiger partial charge >= 0.3 is 12.6 Å². The lowest BCUT2D eigenvalue weighted by atomic mass is 10.1. The van der Waals surface area contributed by atoms with Gasteiger partial charge in [0.2, 0.25) is 0 Å². The molecule has 88 valence electrons. The van der Waals surface area contributed by atoms with Crippen molar-refractivity contribution in [3.8, 4) is 5.75 Å². The molecule has 0 heterocycles. The normalized spacial score (nSPS) is 10.5. The maximum Gasteiger partial charge on any atom is 0.387 e. The van der Waals surface area contributed by atoms with E-state index in [-0.39, 0.29) is 12.2 Å². The number of carboxylic acid groups (broad SMARTS) is 1. The molecule has 16 heavy (non-hydrogen) atoms. The number of alkyl halides is 2. The molecule has 0 aliphatic heterocycles. The number of ether oxygens (including phenoxy) is 1. The highest BCUT2D eigenvalue weighted by Crippen LogP contribution is 2.21. The summed E-state index contributed by atoms with van der Waals surface area (Å²) in [6.45, 7) is -2.87. The first-order chi connectivity index (χ1) is 7.47. The minimum Gasteiger partial charge on any atom is -0.481 e. The summed E-state index contributed by atoms with van der Waals surface area (Å²) in [5, 5.41) is 8.51. The van der Waals surface area contributed by atoms with Gasteiger partial charge in [0.1, 0.15) is 5.75 Å². The Hall–Kier alpha value is -0.920. The lowest BCUT2D eigenvalue weighted by molar-refractivity contribution is -0.136. The quantitative estimate of drug-likeness (QED) is 0.837. The molecular weight excluding hydrogens is 333 g/mol. The van der Waals surface area contributed by atoms with E-state index in [1.807, 2.05) is 22.6 Å². The number of hydrogen-bond acceptors (Lipinski definition) is 2. The zero-order valence-corrected chi connectivity index (χ0v) is 10.3. The average Bonchev–Trinajstić information content (AvgIpc) is 2.12. The number of aliphatic carboxylic acids is 1. The second kappa shape index (κ2) is 5.97. The maximum absolute atomic E-state index is 12.0. The van der Waals surface area contributed by atoms with Crippen LogP contribution in [0.2, 0.25) is 0 Å². The van der Waals surface area contributed by atoms with Gasteiger partial charge in [-0.2, -0.15) is 8.78 Å². The van der Waals surface area contributed by atoms with Crippen LogP contribution in [0.15, 0.2) is 18.2 Å². The van der Waals surface area contributed by atoms with Gasteiger partial charge in [0, 0.05) is 9.99 Å². The molecule has 0 fully saturated rings. The Balaban J connectivity index is 2.77. The van der Waals surface area contributed by atoms with E-state index in [4.69, 9.17) is 5.11 Å². The molecule has 1 N–H and O–H groups in total. The van der Waals surface area contributed by atoms with Crippen molar-refractivity contribution in [3.63, 3.8) is 0 Å². The Morgan fingerprint density at radius 1 is 1.44 bits per heavy atom. The van der Waals surface area contributed by atoms with E-state index >= 15 is 0 Å². The summed E-state index contributed by atoms with van der Waals surface area (Å²) in [6, 6.07) is 4.63. The van der Waals surface area contributed by atoms with E-state index in [1.165, 1.54) is 12.1 Å². The number of rotatable bonds is 5. The van der Waals surface area contributed by atoms with Crippen LogP contribution in [0.4, 0.5) is 8.78 Å². The maximum atomic E-state index is 12.0. The highest BCUT2D eigenvalue weighted by molar-refractivity contribution is 14.1. The van der Waals surface area contributed by atoms with Crippen molar-refractivity contribution in [3.05, 3.63) is 27.3 Å². The molecule has 1 rings (SSSR count). The summed E-state index contributed by atoms with van der Waals surface area (Å²) in [6.07, 6.45) is 0.264. The molecular formula is C10H9F2IO3. The average molecular weight is 342 g/mol. The van der Waals surface area contributed by atoms with Gasteiger partial charge in [0.05, 0.1) is 0 Å². The van der Waals surface area contributed by atoms with Crippen LogP contribution < -0.4 is 4.74 Å². The van der Waals surface area contributed by atoms with Gasteiger partial charge < -0.3 is 9.84 Å². The largest absolute Gasteiger partial charge is 0.481 e. The third kappa shape index (κ3) is 4.73. The standard InChI is InChI=1S/C10H9F2IO3/c11-10(12)16-8-4-6(1-2-9(14)15)3-7(13)5-8/h3-5,10H,1-2H2,(H,14,15). The Kier molecular flexibility index (Phi) is 4.91. The zero-order chi connectivity index (χ0) is 12.1. The summed E-state index contributed by atoms with van der Waals surface area (Å²) in [4.78, 5) is 10.4.